The number of aromatic nitrogens is 3. The molecule has 5 N–H and O–H groups in total. The zero-order valence-electron chi connectivity index (χ0n) is 32.0. The highest BCUT2D eigenvalue weighted by molar-refractivity contribution is 7.13. The molecule has 4 atom stereocenters. The molecular formula is C40H50N9O5S-. The first-order valence-corrected chi connectivity index (χ1v) is 19.5. The molecule has 2 aromatic heterocycles. The minimum absolute atomic E-state index is 0.00190. The molecule has 55 heavy (non-hydrogen) atoms. The van der Waals surface area contributed by atoms with E-state index in [1.165, 1.54) is 4.90 Å². The number of piperazine rings is 1. The molecule has 6 rings (SSSR count). The predicted octanol–water partition coefficient (Wildman–Crippen LogP) is 3.11. The lowest BCUT2D eigenvalue weighted by molar-refractivity contribution is -0.414. The summed E-state index contributed by atoms with van der Waals surface area (Å²) >= 11 is 1.57. The second-order valence-electron chi connectivity index (χ2n) is 15.4. The Morgan fingerprint density at radius 3 is 2.40 bits per heavy atom. The van der Waals surface area contributed by atoms with E-state index >= 15 is 0 Å². The molecule has 2 aromatic carbocycles. The molecule has 0 unspecified atom stereocenters. The number of aryl methyl sites for hydroxylation is 1. The first kappa shape index (κ1) is 39.6. The summed E-state index contributed by atoms with van der Waals surface area (Å²) in [6, 6.07) is 14.5. The van der Waals surface area contributed by atoms with Gasteiger partial charge in [0.25, 0.3) is 0 Å². The molecule has 14 nitrogen and oxygen atoms in total. The van der Waals surface area contributed by atoms with Crippen molar-refractivity contribution < 1.29 is 24.6 Å². The summed E-state index contributed by atoms with van der Waals surface area (Å²) in [4.78, 5) is 52.2. The van der Waals surface area contributed by atoms with Crippen LogP contribution in [0, 0.1) is 12.3 Å². The van der Waals surface area contributed by atoms with Crippen LogP contribution in [0.25, 0.3) is 21.7 Å². The van der Waals surface area contributed by atoms with Gasteiger partial charge in [-0.2, -0.15) is 0 Å². The van der Waals surface area contributed by atoms with Gasteiger partial charge in [-0.25, -0.2) is 4.98 Å². The van der Waals surface area contributed by atoms with Crippen molar-refractivity contribution in [2.45, 2.75) is 71.7 Å². The van der Waals surface area contributed by atoms with E-state index in [9.17, 15) is 24.6 Å². The third kappa shape index (κ3) is 9.23. The predicted molar refractivity (Wildman–Crippen MR) is 211 cm³/mol. The van der Waals surface area contributed by atoms with Gasteiger partial charge < -0.3 is 36.4 Å². The lowest BCUT2D eigenvalue weighted by Gasteiger charge is -2.37. The Morgan fingerprint density at radius 1 is 1.04 bits per heavy atom. The molecule has 3 amide bonds. The fourth-order valence-corrected chi connectivity index (χ4v) is 7.98. The maximum absolute atomic E-state index is 14.1. The van der Waals surface area contributed by atoms with Crippen LogP contribution in [0.2, 0.25) is 0 Å². The molecule has 0 saturated carbocycles. The zero-order valence-corrected chi connectivity index (χ0v) is 32.8. The molecule has 0 radical (unpaired) electrons. The molecule has 0 bridgehead atoms. The van der Waals surface area contributed by atoms with Gasteiger partial charge in [-0.05, 0) is 55.0 Å². The summed E-state index contributed by atoms with van der Waals surface area (Å²) < 4.78 is 0. The molecule has 2 aliphatic heterocycles. The number of nitrogens with two attached hydrogens (primary N) is 1. The Kier molecular flexibility index (Phi) is 12.0. The average Bonchev–Trinajstić information content (AvgIpc) is 3.78. The van der Waals surface area contributed by atoms with Gasteiger partial charge in [-0.3, -0.25) is 19.3 Å². The van der Waals surface area contributed by atoms with Crippen LogP contribution in [0.4, 0.5) is 11.5 Å². The number of phenols is 1. The van der Waals surface area contributed by atoms with E-state index in [1.807, 2.05) is 76.5 Å². The Bertz CT molecular complexity index is 1990. The van der Waals surface area contributed by atoms with E-state index in [-0.39, 0.29) is 37.1 Å². The number of phenolic OH excluding ortho intramolecular Hbond substituents is 1. The first-order chi connectivity index (χ1) is 26.2. The molecule has 2 fully saturated rings. The lowest BCUT2D eigenvalue weighted by Crippen LogP contribution is -2.58. The second-order valence-corrected chi connectivity index (χ2v) is 16.3. The topological polar surface area (TPSA) is 193 Å². The number of para-hydroxylation sites is 1. The Balaban J connectivity index is 1.03. The molecule has 2 saturated heterocycles. The van der Waals surface area contributed by atoms with Crippen molar-refractivity contribution in [3.63, 3.8) is 0 Å². The number of amides is 3. The fourth-order valence-electron chi connectivity index (χ4n) is 7.17. The van der Waals surface area contributed by atoms with E-state index in [0.717, 1.165) is 27.4 Å². The zero-order chi connectivity index (χ0) is 39.4. The van der Waals surface area contributed by atoms with E-state index < -0.39 is 35.4 Å². The van der Waals surface area contributed by atoms with Gasteiger partial charge in [0.15, 0.2) is 5.82 Å². The van der Waals surface area contributed by atoms with Gasteiger partial charge >= 0.3 is 0 Å². The number of hydrogen-bond acceptors (Lipinski definition) is 12. The van der Waals surface area contributed by atoms with Crippen molar-refractivity contribution in [3.8, 4) is 27.4 Å². The molecule has 4 heterocycles. The smallest absolute Gasteiger partial charge is 0.246 e. The SMILES string of the molecule is Cc1ncsc1-c1ccc([C@H](C)NC(=O)[C@@H]2C[C@@H]([O-])CN2C(=O)[C@@H](NC(=O)CCN2CCN(c3cc(-c4ccccc4O)nnc3N)CC2)C(C)(C)C)cc1. The Labute approximate surface area is 325 Å². The summed E-state index contributed by atoms with van der Waals surface area (Å²) in [5.74, 6) is -0.698. The van der Waals surface area contributed by atoms with Crippen molar-refractivity contribution in [1.82, 2.24) is 35.6 Å². The minimum atomic E-state index is -1.11. The number of carbonyl (C=O) groups excluding carboxylic acids is 3. The molecule has 2 aliphatic rings. The van der Waals surface area contributed by atoms with E-state index in [2.05, 4.69) is 35.6 Å². The number of hydrogen-bond donors (Lipinski definition) is 4. The standard InChI is InChI=1S/C40H50N9O5S/c1-24(26-10-12-27(13-11-26)35-25(2)42-23-55-35)43-38(53)32-20-28(50)22-49(32)39(54)36(40(3,4)5)44-34(52)14-15-47-16-18-48(19-17-47)31-21-30(45-46-37(31)41)29-8-6-7-9-33(29)51/h6-13,21,23-24,28,32,36,51H,14-20,22H2,1-5H3,(H2,41,46)(H,43,53)(H,44,52)/q-1/t24-,28+,32-,36+/m0/s1. The maximum Gasteiger partial charge on any atom is 0.246 e. The van der Waals surface area contributed by atoms with Crippen LogP contribution in [-0.2, 0) is 14.4 Å². The number of carbonyl (C=O) groups is 3. The third-order valence-electron chi connectivity index (χ3n) is 10.4. The van der Waals surface area contributed by atoms with Gasteiger partial charge in [0.2, 0.25) is 17.7 Å². The normalized spacial score (nSPS) is 18.9. The summed E-state index contributed by atoms with van der Waals surface area (Å²) in [6.45, 7) is 12.4. The second kappa shape index (κ2) is 16.7. The maximum atomic E-state index is 14.1. The van der Waals surface area contributed by atoms with Crippen LogP contribution in [-0.4, -0.2) is 105 Å². The number of nitrogens with one attached hydrogen (secondary N) is 2. The van der Waals surface area contributed by atoms with Crippen LogP contribution in [0.5, 0.6) is 5.75 Å². The summed E-state index contributed by atoms with van der Waals surface area (Å²) in [5, 5.41) is 37.4. The van der Waals surface area contributed by atoms with Crippen molar-refractivity contribution in [2.75, 3.05) is 49.9 Å². The van der Waals surface area contributed by atoms with Gasteiger partial charge in [-0.15, -0.1) is 27.6 Å². The number of nitrogens with zero attached hydrogens (tertiary/aromatic N) is 6. The number of rotatable bonds is 11. The van der Waals surface area contributed by atoms with Crippen LogP contribution in [0.15, 0.2) is 60.1 Å². The van der Waals surface area contributed by atoms with Crippen LogP contribution >= 0.6 is 11.3 Å². The lowest BCUT2D eigenvalue weighted by atomic mass is 9.85. The van der Waals surface area contributed by atoms with Crippen molar-refractivity contribution >= 4 is 40.6 Å². The van der Waals surface area contributed by atoms with Gasteiger partial charge in [0.05, 0.1) is 33.5 Å². The monoisotopic (exact) mass is 768 g/mol. The molecule has 0 spiro atoms. The summed E-state index contributed by atoms with van der Waals surface area (Å²) in [6.07, 6.45) is -0.937. The van der Waals surface area contributed by atoms with Gasteiger partial charge in [0.1, 0.15) is 17.8 Å². The number of aromatic hydroxyl groups is 1. The molecule has 15 heteroatoms. The number of anilines is 2. The largest absolute Gasteiger partial charge is 0.851 e. The van der Waals surface area contributed by atoms with Crippen LogP contribution in [0.1, 0.15) is 57.8 Å². The minimum Gasteiger partial charge on any atom is -0.851 e. The van der Waals surface area contributed by atoms with E-state index in [1.54, 1.807) is 29.5 Å². The Hall–Kier alpha value is -5.12. The Morgan fingerprint density at radius 2 is 1.75 bits per heavy atom. The average molecular weight is 769 g/mol. The van der Waals surface area contributed by atoms with Crippen molar-refractivity contribution in [1.29, 1.82) is 0 Å². The van der Waals surface area contributed by atoms with E-state index in [0.29, 0.717) is 49.8 Å². The summed E-state index contributed by atoms with van der Waals surface area (Å²) in [5.41, 5.74) is 12.1. The molecule has 292 valence electrons. The number of thiazole rings is 1. The van der Waals surface area contributed by atoms with Crippen LogP contribution < -0.4 is 26.4 Å². The van der Waals surface area contributed by atoms with E-state index in [4.69, 9.17) is 5.73 Å². The first-order valence-electron chi connectivity index (χ1n) is 18.6. The molecular weight excluding hydrogens is 719 g/mol. The van der Waals surface area contributed by atoms with Gasteiger partial charge in [-0.1, -0.05) is 57.2 Å². The fraction of sp³-hybridized carbons (Fsp3) is 0.450. The van der Waals surface area contributed by atoms with Crippen molar-refractivity contribution in [3.05, 3.63) is 71.4 Å². The van der Waals surface area contributed by atoms with Gasteiger partial charge in [0, 0.05) is 51.3 Å². The number of likely N-dealkylation sites (tertiary alicyclic amines) is 1. The highest BCUT2D eigenvalue weighted by Crippen LogP contribution is 2.32. The molecule has 0 aliphatic carbocycles. The molecule has 4 aromatic rings. The highest BCUT2D eigenvalue weighted by Gasteiger charge is 2.43. The highest BCUT2D eigenvalue weighted by atomic mass is 32.1. The number of nitrogen functional groups attached to an aromatic ring is 1. The quantitative estimate of drug-likeness (QED) is 0.175. The number of benzene rings is 2. The van der Waals surface area contributed by atoms with Crippen LogP contribution in [0.3, 0.4) is 0 Å². The third-order valence-corrected chi connectivity index (χ3v) is 11.4. The summed E-state index contributed by atoms with van der Waals surface area (Å²) in [7, 11) is 0. The van der Waals surface area contributed by atoms with Crippen molar-refractivity contribution in [2.24, 2.45) is 5.41 Å².